The third-order valence-corrected chi connectivity index (χ3v) is 3.88. The molecule has 1 unspecified atom stereocenters. The normalized spacial score (nSPS) is 16.0. The van der Waals surface area contributed by atoms with Gasteiger partial charge in [-0.3, -0.25) is 4.79 Å². The average Bonchev–Trinajstić information content (AvgIpc) is 3.02. The van der Waals surface area contributed by atoms with E-state index in [9.17, 15) is 4.79 Å². The van der Waals surface area contributed by atoms with Gasteiger partial charge in [0.25, 0.3) is 5.91 Å². The van der Waals surface area contributed by atoms with E-state index in [2.05, 4.69) is 20.4 Å². The van der Waals surface area contributed by atoms with Gasteiger partial charge in [0.2, 0.25) is 0 Å². The van der Waals surface area contributed by atoms with Crippen molar-refractivity contribution in [3.8, 4) is 0 Å². The number of benzene rings is 1. The van der Waals surface area contributed by atoms with E-state index in [4.69, 9.17) is 5.73 Å². The highest BCUT2D eigenvalue weighted by molar-refractivity contribution is 5.95. The largest absolute Gasteiger partial charge is 0.399 e. The number of nitrogen functional groups attached to an aromatic ring is 1. The van der Waals surface area contributed by atoms with Crippen LogP contribution in [0.3, 0.4) is 0 Å². The number of carbonyl (C=O) groups excluding carboxylic acids is 1. The van der Waals surface area contributed by atoms with Crippen LogP contribution in [0.1, 0.15) is 23.2 Å². The molecule has 1 aromatic carbocycles. The zero-order valence-corrected chi connectivity index (χ0v) is 14.7. The first kappa shape index (κ1) is 20.0. The SMILES string of the molecule is Cl.Cl.Nc1cccc(C(=O)NCC2CCCN2c2cccnn2)c1. The van der Waals surface area contributed by atoms with Gasteiger partial charge in [-0.15, -0.1) is 29.9 Å². The van der Waals surface area contributed by atoms with E-state index in [1.54, 1.807) is 30.5 Å². The van der Waals surface area contributed by atoms with Crippen LogP contribution >= 0.6 is 24.8 Å². The molecule has 0 radical (unpaired) electrons. The number of nitrogens with one attached hydrogen (secondary N) is 1. The number of hydrogen-bond donors (Lipinski definition) is 2. The maximum absolute atomic E-state index is 12.2. The van der Waals surface area contributed by atoms with Gasteiger partial charge in [0.15, 0.2) is 5.82 Å². The number of nitrogens with zero attached hydrogens (tertiary/aromatic N) is 3. The van der Waals surface area contributed by atoms with Crippen molar-refractivity contribution in [3.05, 3.63) is 48.2 Å². The molecule has 0 saturated carbocycles. The fourth-order valence-corrected chi connectivity index (χ4v) is 2.79. The number of hydrogen-bond acceptors (Lipinski definition) is 5. The van der Waals surface area contributed by atoms with Crippen LogP contribution in [-0.4, -0.2) is 35.2 Å². The molecule has 1 aliphatic rings. The van der Waals surface area contributed by atoms with Crippen LogP contribution in [-0.2, 0) is 0 Å². The van der Waals surface area contributed by atoms with Crippen molar-refractivity contribution in [2.45, 2.75) is 18.9 Å². The summed E-state index contributed by atoms with van der Waals surface area (Å²) in [6.45, 7) is 1.53. The first-order chi connectivity index (χ1) is 10.7. The number of carbonyl (C=O) groups is 1. The van der Waals surface area contributed by atoms with Crippen molar-refractivity contribution in [1.29, 1.82) is 0 Å². The maximum Gasteiger partial charge on any atom is 0.251 e. The topological polar surface area (TPSA) is 84.1 Å². The van der Waals surface area contributed by atoms with E-state index in [0.717, 1.165) is 25.2 Å². The smallest absolute Gasteiger partial charge is 0.251 e. The summed E-state index contributed by atoms with van der Waals surface area (Å²) in [5.74, 6) is 0.765. The van der Waals surface area contributed by atoms with Crippen molar-refractivity contribution < 1.29 is 4.79 Å². The minimum Gasteiger partial charge on any atom is -0.399 e. The summed E-state index contributed by atoms with van der Waals surface area (Å²) < 4.78 is 0. The van der Waals surface area contributed by atoms with Gasteiger partial charge < -0.3 is 16.0 Å². The molecule has 2 heterocycles. The van der Waals surface area contributed by atoms with Crippen LogP contribution in [0.2, 0.25) is 0 Å². The average molecular weight is 370 g/mol. The highest BCUT2D eigenvalue weighted by Gasteiger charge is 2.26. The molecule has 2 aromatic rings. The number of amides is 1. The molecule has 1 amide bonds. The minimum atomic E-state index is -0.0988. The number of nitrogens with two attached hydrogens (primary N) is 1. The third-order valence-electron chi connectivity index (χ3n) is 3.88. The fraction of sp³-hybridized carbons (Fsp3) is 0.312. The van der Waals surface area contributed by atoms with Gasteiger partial charge in [-0.2, -0.15) is 5.10 Å². The van der Waals surface area contributed by atoms with Gasteiger partial charge in [0, 0.05) is 36.6 Å². The Labute approximate surface area is 153 Å². The zero-order chi connectivity index (χ0) is 15.4. The monoisotopic (exact) mass is 369 g/mol. The lowest BCUT2D eigenvalue weighted by atomic mass is 10.1. The van der Waals surface area contributed by atoms with Crippen molar-refractivity contribution in [2.75, 3.05) is 23.7 Å². The van der Waals surface area contributed by atoms with Crippen molar-refractivity contribution in [2.24, 2.45) is 0 Å². The lowest BCUT2D eigenvalue weighted by Gasteiger charge is -2.25. The summed E-state index contributed by atoms with van der Waals surface area (Å²) >= 11 is 0. The number of rotatable bonds is 4. The summed E-state index contributed by atoms with van der Waals surface area (Å²) in [7, 11) is 0. The van der Waals surface area contributed by atoms with E-state index < -0.39 is 0 Å². The molecule has 1 aliphatic heterocycles. The number of aromatic nitrogens is 2. The lowest BCUT2D eigenvalue weighted by Crippen LogP contribution is -2.40. The quantitative estimate of drug-likeness (QED) is 0.807. The molecule has 1 fully saturated rings. The molecule has 8 heteroatoms. The molecule has 0 bridgehead atoms. The van der Waals surface area contributed by atoms with Gasteiger partial charge in [-0.1, -0.05) is 6.07 Å². The Morgan fingerprint density at radius 2 is 2.12 bits per heavy atom. The van der Waals surface area contributed by atoms with Crippen LogP contribution in [0.4, 0.5) is 11.5 Å². The van der Waals surface area contributed by atoms with E-state index in [-0.39, 0.29) is 36.8 Å². The zero-order valence-electron chi connectivity index (χ0n) is 13.1. The summed E-state index contributed by atoms with van der Waals surface area (Å²) in [5.41, 5.74) is 6.89. The van der Waals surface area contributed by atoms with Gasteiger partial charge >= 0.3 is 0 Å². The highest BCUT2D eigenvalue weighted by Crippen LogP contribution is 2.22. The molecule has 24 heavy (non-hydrogen) atoms. The van der Waals surface area contributed by atoms with E-state index >= 15 is 0 Å². The second-order valence-corrected chi connectivity index (χ2v) is 5.41. The molecule has 130 valence electrons. The van der Waals surface area contributed by atoms with Crippen LogP contribution in [0, 0.1) is 0 Å². The lowest BCUT2D eigenvalue weighted by molar-refractivity contribution is 0.0951. The Kier molecular flexibility index (Phi) is 7.74. The van der Waals surface area contributed by atoms with E-state index in [1.165, 1.54) is 0 Å². The van der Waals surface area contributed by atoms with Gasteiger partial charge in [0.05, 0.1) is 0 Å². The predicted octanol–water partition coefficient (Wildman–Crippen LogP) is 2.30. The molecule has 3 N–H and O–H groups in total. The van der Waals surface area contributed by atoms with Gasteiger partial charge in [-0.05, 0) is 43.2 Å². The van der Waals surface area contributed by atoms with Crippen LogP contribution in [0.15, 0.2) is 42.6 Å². The first-order valence-corrected chi connectivity index (χ1v) is 7.42. The number of halogens is 2. The molecular formula is C16H21Cl2N5O. The molecule has 6 nitrogen and oxygen atoms in total. The Balaban J connectivity index is 0.00000144. The maximum atomic E-state index is 12.2. The summed E-state index contributed by atoms with van der Waals surface area (Å²) in [6, 6.07) is 11.1. The second kappa shape index (κ2) is 9.30. The standard InChI is InChI=1S/C16H19N5O.2ClH/c17-13-5-1-4-12(10-13)16(22)18-11-14-6-3-9-21(14)15-7-2-8-19-20-15;;/h1-2,4-5,7-8,10,14H,3,6,9,11,17H2,(H,18,22);2*1H. The molecule has 3 rings (SSSR count). The minimum absolute atomic E-state index is 0. The predicted molar refractivity (Wildman–Crippen MR) is 100 cm³/mol. The Morgan fingerprint density at radius 1 is 1.29 bits per heavy atom. The molecule has 0 spiro atoms. The molecule has 1 atom stereocenters. The summed E-state index contributed by atoms with van der Waals surface area (Å²) in [4.78, 5) is 14.4. The van der Waals surface area contributed by atoms with Gasteiger partial charge in [-0.25, -0.2) is 0 Å². The summed E-state index contributed by atoms with van der Waals surface area (Å²) in [6.07, 6.45) is 3.79. The first-order valence-electron chi connectivity index (χ1n) is 7.42. The van der Waals surface area contributed by atoms with Crippen LogP contribution < -0.4 is 16.0 Å². The van der Waals surface area contributed by atoms with Crippen molar-refractivity contribution >= 4 is 42.2 Å². The molecule has 1 aromatic heterocycles. The highest BCUT2D eigenvalue weighted by atomic mass is 35.5. The van der Waals surface area contributed by atoms with Crippen molar-refractivity contribution in [3.63, 3.8) is 0 Å². The fourth-order valence-electron chi connectivity index (χ4n) is 2.79. The van der Waals surface area contributed by atoms with Gasteiger partial charge in [0.1, 0.15) is 0 Å². The third kappa shape index (κ3) is 4.72. The Hall–Kier alpha value is -2.05. The van der Waals surface area contributed by atoms with E-state index in [1.807, 2.05) is 12.1 Å². The van der Waals surface area contributed by atoms with E-state index in [0.29, 0.717) is 17.8 Å². The molecule has 0 aliphatic carbocycles. The Morgan fingerprint density at radius 3 is 2.83 bits per heavy atom. The van der Waals surface area contributed by atoms with Crippen LogP contribution in [0.5, 0.6) is 0 Å². The Bertz CT molecular complexity index is 656. The summed E-state index contributed by atoms with van der Waals surface area (Å²) in [5, 5.41) is 11.1. The molecular weight excluding hydrogens is 349 g/mol. The number of anilines is 2. The molecule has 1 saturated heterocycles. The van der Waals surface area contributed by atoms with Crippen molar-refractivity contribution in [1.82, 2.24) is 15.5 Å². The van der Waals surface area contributed by atoms with Crippen LogP contribution in [0.25, 0.3) is 0 Å². The second-order valence-electron chi connectivity index (χ2n) is 5.41.